The van der Waals surface area contributed by atoms with Gasteiger partial charge in [-0.15, -0.1) is 0 Å². The normalized spacial score (nSPS) is 22.8. The van der Waals surface area contributed by atoms with Gasteiger partial charge in [0.1, 0.15) is 11.6 Å². The van der Waals surface area contributed by atoms with Crippen molar-refractivity contribution in [3.63, 3.8) is 0 Å². The molecule has 5 rings (SSSR count). The van der Waals surface area contributed by atoms with Gasteiger partial charge in [0.2, 0.25) is 5.91 Å². The molecule has 9 nitrogen and oxygen atoms in total. The minimum atomic E-state index is 0.180. The van der Waals surface area contributed by atoms with Crippen molar-refractivity contribution >= 4 is 34.3 Å². The van der Waals surface area contributed by atoms with E-state index in [1.807, 2.05) is 39.2 Å². The van der Waals surface area contributed by atoms with Crippen molar-refractivity contribution < 1.29 is 4.79 Å². The molecule has 168 valence electrons. The van der Waals surface area contributed by atoms with E-state index in [9.17, 15) is 4.79 Å². The maximum Gasteiger partial charge on any atom is 0.236 e. The number of piperidine rings is 1. The number of nitrogens with zero attached hydrogens (tertiary/aromatic N) is 5. The Balaban J connectivity index is 1.35. The minimum absolute atomic E-state index is 0.180. The Hall–Kier alpha value is -3.20. The van der Waals surface area contributed by atoms with Gasteiger partial charge in [-0.25, -0.2) is 4.98 Å². The highest BCUT2D eigenvalue weighted by atomic mass is 16.2. The van der Waals surface area contributed by atoms with Gasteiger partial charge < -0.3 is 15.5 Å². The lowest BCUT2D eigenvalue weighted by Gasteiger charge is -2.39. The van der Waals surface area contributed by atoms with E-state index in [2.05, 4.69) is 36.8 Å². The molecule has 2 aliphatic rings. The van der Waals surface area contributed by atoms with Gasteiger partial charge in [-0.1, -0.05) is 0 Å². The standard InChI is InChI=1S/C23H30N8O/c1-14-9-21(29-28-14)26-20-12-19-18(5-4-8-24-19)23(27-20)25-15-10-16-6-7-17(11-15)31(16)13-22(32)30(2)3/h4-5,8-9,12,15-17H,6-7,10-11,13H2,1-3H3,(H3,25,26,27,28,29)/t15?,16-,17+. The van der Waals surface area contributed by atoms with Crippen LogP contribution in [0, 0.1) is 6.92 Å². The monoisotopic (exact) mass is 434 g/mol. The van der Waals surface area contributed by atoms with Crippen LogP contribution >= 0.6 is 0 Å². The summed E-state index contributed by atoms with van der Waals surface area (Å²) in [6.45, 7) is 2.48. The van der Waals surface area contributed by atoms with Gasteiger partial charge in [-0.3, -0.25) is 19.8 Å². The molecule has 0 spiro atoms. The third kappa shape index (κ3) is 4.12. The molecule has 5 heterocycles. The molecule has 2 bridgehead atoms. The van der Waals surface area contributed by atoms with E-state index >= 15 is 0 Å². The molecule has 3 N–H and O–H groups in total. The van der Waals surface area contributed by atoms with E-state index in [0.717, 1.165) is 53.9 Å². The van der Waals surface area contributed by atoms with E-state index in [1.54, 1.807) is 11.1 Å². The zero-order valence-electron chi connectivity index (χ0n) is 18.8. The number of anilines is 3. The fourth-order valence-corrected chi connectivity index (χ4v) is 5.00. The fourth-order valence-electron chi connectivity index (χ4n) is 5.00. The van der Waals surface area contributed by atoms with Gasteiger partial charge in [0.05, 0.1) is 12.1 Å². The number of hydrogen-bond donors (Lipinski definition) is 3. The topological polar surface area (TPSA) is 102 Å². The van der Waals surface area contributed by atoms with E-state index in [-0.39, 0.29) is 5.91 Å². The number of H-pyrrole nitrogens is 1. The lowest BCUT2D eigenvalue weighted by Crippen LogP contribution is -2.50. The number of hydrogen-bond acceptors (Lipinski definition) is 7. The van der Waals surface area contributed by atoms with Crippen molar-refractivity contribution in [2.24, 2.45) is 0 Å². The quantitative estimate of drug-likeness (QED) is 0.548. The summed E-state index contributed by atoms with van der Waals surface area (Å²) in [7, 11) is 3.66. The molecule has 3 aromatic heterocycles. The molecule has 32 heavy (non-hydrogen) atoms. The molecule has 0 saturated carbocycles. The fraction of sp³-hybridized carbons (Fsp3) is 0.478. The maximum absolute atomic E-state index is 12.3. The number of aryl methyl sites for hydroxylation is 1. The summed E-state index contributed by atoms with van der Waals surface area (Å²) in [4.78, 5) is 25.8. The number of nitrogens with one attached hydrogen (secondary N) is 3. The van der Waals surface area contributed by atoms with E-state index in [0.29, 0.717) is 30.5 Å². The molecule has 9 heteroatoms. The Morgan fingerprint density at radius 2 is 2.00 bits per heavy atom. The number of carbonyl (C=O) groups excluding carboxylic acids is 1. The first-order valence-electron chi connectivity index (χ1n) is 11.2. The number of aromatic nitrogens is 4. The Morgan fingerprint density at radius 3 is 2.69 bits per heavy atom. The van der Waals surface area contributed by atoms with Gasteiger partial charge in [0.15, 0.2) is 5.82 Å². The van der Waals surface area contributed by atoms with Crippen molar-refractivity contribution in [1.29, 1.82) is 0 Å². The second-order valence-electron chi connectivity index (χ2n) is 9.15. The largest absolute Gasteiger partial charge is 0.367 e. The predicted molar refractivity (Wildman–Crippen MR) is 125 cm³/mol. The number of amides is 1. The second kappa shape index (κ2) is 8.38. The summed E-state index contributed by atoms with van der Waals surface area (Å²) in [6, 6.07) is 9.08. The highest BCUT2D eigenvalue weighted by molar-refractivity contribution is 5.91. The summed E-state index contributed by atoms with van der Waals surface area (Å²) in [5, 5.41) is 15.2. The van der Waals surface area contributed by atoms with E-state index in [4.69, 9.17) is 4.98 Å². The molecule has 0 aromatic carbocycles. The smallest absolute Gasteiger partial charge is 0.236 e. The lowest BCUT2D eigenvalue weighted by atomic mass is 9.97. The molecule has 3 aromatic rings. The van der Waals surface area contributed by atoms with Crippen LogP contribution in [0.4, 0.5) is 17.5 Å². The van der Waals surface area contributed by atoms with Crippen LogP contribution in [0.1, 0.15) is 31.4 Å². The number of pyridine rings is 2. The number of aromatic amines is 1. The zero-order chi connectivity index (χ0) is 22.2. The highest BCUT2D eigenvalue weighted by Gasteiger charge is 2.41. The Labute approximate surface area is 187 Å². The van der Waals surface area contributed by atoms with Crippen molar-refractivity contribution in [2.45, 2.75) is 50.7 Å². The van der Waals surface area contributed by atoms with Crippen LogP contribution in [0.25, 0.3) is 10.9 Å². The first kappa shape index (κ1) is 20.7. The van der Waals surface area contributed by atoms with Crippen LogP contribution < -0.4 is 10.6 Å². The van der Waals surface area contributed by atoms with Crippen molar-refractivity contribution in [2.75, 3.05) is 31.3 Å². The van der Waals surface area contributed by atoms with Gasteiger partial charge >= 0.3 is 0 Å². The minimum Gasteiger partial charge on any atom is -0.367 e. The molecule has 2 aliphatic heterocycles. The SMILES string of the molecule is Cc1cc(Nc2cc3ncccc3c(NC3C[C@H]4CC[C@@H](C3)N4CC(=O)N(C)C)n2)n[nH]1. The van der Waals surface area contributed by atoms with Crippen LogP contribution in [0.3, 0.4) is 0 Å². The predicted octanol–water partition coefficient (Wildman–Crippen LogP) is 2.90. The van der Waals surface area contributed by atoms with Gasteiger partial charge in [-0.2, -0.15) is 5.10 Å². The molecule has 2 saturated heterocycles. The number of likely N-dealkylation sites (N-methyl/N-ethyl adjacent to an activating group) is 1. The molecular formula is C23H30N8O. The summed E-state index contributed by atoms with van der Waals surface area (Å²) in [5.41, 5.74) is 1.87. The Bertz CT molecular complexity index is 1110. The second-order valence-corrected chi connectivity index (χ2v) is 9.15. The summed E-state index contributed by atoms with van der Waals surface area (Å²) < 4.78 is 0. The summed E-state index contributed by atoms with van der Waals surface area (Å²) >= 11 is 0. The van der Waals surface area contributed by atoms with Crippen LogP contribution in [-0.2, 0) is 4.79 Å². The first-order valence-corrected chi connectivity index (χ1v) is 11.2. The van der Waals surface area contributed by atoms with Gasteiger partial charge in [0.25, 0.3) is 0 Å². The van der Waals surface area contributed by atoms with E-state index in [1.165, 1.54) is 0 Å². The number of fused-ring (bicyclic) bond motifs is 3. The zero-order valence-corrected chi connectivity index (χ0v) is 18.8. The lowest BCUT2D eigenvalue weighted by molar-refractivity contribution is -0.131. The Morgan fingerprint density at radius 1 is 1.22 bits per heavy atom. The van der Waals surface area contributed by atoms with Crippen LogP contribution in [-0.4, -0.2) is 74.6 Å². The van der Waals surface area contributed by atoms with Crippen LogP contribution in [0.15, 0.2) is 30.5 Å². The molecule has 2 fully saturated rings. The average molecular weight is 435 g/mol. The first-order chi connectivity index (χ1) is 15.5. The number of carbonyl (C=O) groups is 1. The Kier molecular flexibility index (Phi) is 5.42. The highest BCUT2D eigenvalue weighted by Crippen LogP contribution is 2.37. The van der Waals surface area contributed by atoms with E-state index < -0.39 is 0 Å². The van der Waals surface area contributed by atoms with Crippen molar-refractivity contribution in [1.82, 2.24) is 30.0 Å². The van der Waals surface area contributed by atoms with Crippen LogP contribution in [0.2, 0.25) is 0 Å². The third-order valence-electron chi connectivity index (χ3n) is 6.60. The maximum atomic E-state index is 12.3. The molecule has 1 amide bonds. The average Bonchev–Trinajstić information content (AvgIpc) is 3.26. The molecule has 1 unspecified atom stereocenters. The number of rotatable bonds is 6. The van der Waals surface area contributed by atoms with Gasteiger partial charge in [0, 0.05) is 61.6 Å². The molecule has 0 aliphatic carbocycles. The van der Waals surface area contributed by atoms with Crippen LogP contribution in [0.5, 0.6) is 0 Å². The molecular weight excluding hydrogens is 404 g/mol. The third-order valence-corrected chi connectivity index (χ3v) is 6.60. The van der Waals surface area contributed by atoms with Crippen molar-refractivity contribution in [3.8, 4) is 0 Å². The molecule has 3 atom stereocenters. The molecule has 0 radical (unpaired) electrons. The van der Waals surface area contributed by atoms with Gasteiger partial charge in [-0.05, 0) is 44.7 Å². The summed E-state index contributed by atoms with van der Waals surface area (Å²) in [6.07, 6.45) is 6.13. The summed E-state index contributed by atoms with van der Waals surface area (Å²) in [5.74, 6) is 2.46. The van der Waals surface area contributed by atoms with Crippen molar-refractivity contribution in [3.05, 3.63) is 36.2 Å².